The maximum atomic E-state index is 3.67. The minimum absolute atomic E-state index is 0.542. The van der Waals surface area contributed by atoms with Crippen LogP contribution in [-0.2, 0) is 22.4 Å². The molecule has 0 N–H and O–H groups in total. The van der Waals surface area contributed by atoms with Crippen LogP contribution in [-0.4, -0.2) is 0 Å². The maximum Gasteiger partial charge on any atom is 0 e. The van der Waals surface area contributed by atoms with Crippen molar-refractivity contribution in [2.24, 2.45) is 5.41 Å². The third-order valence-corrected chi connectivity index (χ3v) is 1.06. The average Bonchev–Trinajstić information content (AvgIpc) is 1.71. The Hall–Kier alpha value is 0.440. The topological polar surface area (TPSA) is 0 Å². The van der Waals surface area contributed by atoms with E-state index in [9.17, 15) is 0 Å². The van der Waals surface area contributed by atoms with Crippen molar-refractivity contribution in [2.75, 3.05) is 0 Å². The van der Waals surface area contributed by atoms with Crippen LogP contribution in [0.4, 0.5) is 0 Å². The number of rotatable bonds is 0. The monoisotopic (exact) mass is 150 g/mol. The summed E-state index contributed by atoms with van der Waals surface area (Å²) in [5.74, 6) is 0. The number of hydrogen-bond acceptors (Lipinski definition) is 2. The second kappa shape index (κ2) is 5.57. The molecule has 0 aliphatic rings. The Labute approximate surface area is 62.3 Å². The van der Waals surface area contributed by atoms with Gasteiger partial charge in [0.25, 0.3) is 0 Å². The largest absolute Gasteiger partial charge is 0.0649 e. The van der Waals surface area contributed by atoms with E-state index in [1.807, 2.05) is 0 Å². The minimum Gasteiger partial charge on any atom is -0.0649 e. The molecule has 0 heterocycles. The van der Waals surface area contributed by atoms with Crippen molar-refractivity contribution in [3.63, 3.8) is 0 Å². The summed E-state index contributed by atoms with van der Waals surface area (Å²) in [6, 6.07) is 0. The second-order valence-corrected chi connectivity index (χ2v) is 2.91. The Morgan fingerprint density at radius 1 is 1.12 bits per heavy atom. The van der Waals surface area contributed by atoms with E-state index in [0.717, 1.165) is 0 Å². The minimum atomic E-state index is 0.542. The smallest absolute Gasteiger partial charge is 0 e. The summed E-state index contributed by atoms with van der Waals surface area (Å²) in [4.78, 5) is 0. The van der Waals surface area contributed by atoms with Gasteiger partial charge in [-0.2, -0.15) is 0 Å². The third kappa shape index (κ3) is 16.1. The first kappa shape index (κ1) is 11.3. The molecule has 0 amide bonds. The summed E-state index contributed by atoms with van der Waals surface area (Å²) in [6.45, 7) is 8.94. The summed E-state index contributed by atoms with van der Waals surface area (Å²) in [5, 5.41) is 0. The van der Waals surface area contributed by atoms with Crippen LogP contribution in [0.3, 0.4) is 0 Å². The molecule has 0 aromatic rings. The maximum absolute atomic E-state index is 3.67. The molecule has 0 unspecified atom stereocenters. The van der Waals surface area contributed by atoms with Gasteiger partial charge < -0.3 is 0 Å². The summed E-state index contributed by atoms with van der Waals surface area (Å²) in [5.41, 5.74) is 0.542. The number of hydrogen-bond donors (Lipinski definition) is 0. The molecule has 0 fully saturated rings. The Balaban J connectivity index is 0. The highest BCUT2D eigenvalue weighted by atomic mass is 32.8. The van der Waals surface area contributed by atoms with E-state index in [-0.39, 0.29) is 0 Å². The predicted molar refractivity (Wildman–Crippen MR) is 44.5 cm³/mol. The molecule has 8 heavy (non-hydrogen) atoms. The summed E-state index contributed by atoms with van der Waals surface area (Å²) in [7, 11) is 0. The Bertz CT molecular complexity index is 45.0. The highest BCUT2D eigenvalue weighted by Crippen LogP contribution is 2.16. The van der Waals surface area contributed by atoms with Crippen molar-refractivity contribution in [1.82, 2.24) is 0 Å². The second-order valence-electron chi connectivity index (χ2n) is 2.91. The van der Waals surface area contributed by atoms with E-state index in [4.69, 9.17) is 0 Å². The molecule has 0 aliphatic heterocycles. The van der Waals surface area contributed by atoms with Crippen molar-refractivity contribution in [3.05, 3.63) is 0 Å². The van der Waals surface area contributed by atoms with Crippen LogP contribution in [0.15, 0.2) is 0 Å². The van der Waals surface area contributed by atoms with Crippen LogP contribution in [0, 0.1) is 5.41 Å². The highest BCUT2D eigenvalue weighted by molar-refractivity contribution is 8.07. The summed E-state index contributed by atoms with van der Waals surface area (Å²) >= 11 is 7.33. The van der Waals surface area contributed by atoms with E-state index in [0.29, 0.717) is 5.41 Å². The third-order valence-electron chi connectivity index (χ3n) is 1.06. The molecule has 0 atom stereocenters. The lowest BCUT2D eigenvalue weighted by atomic mass is 9.94. The average molecular weight is 150 g/mol. The molecule has 0 aliphatic carbocycles. The fraction of sp³-hybridized carbons (Fsp3) is 1.00. The van der Waals surface area contributed by atoms with Gasteiger partial charge in [0.15, 0.2) is 0 Å². The van der Waals surface area contributed by atoms with Gasteiger partial charge in [-0.1, -0.05) is 34.1 Å². The van der Waals surface area contributed by atoms with Gasteiger partial charge in [-0.25, -0.2) is 0 Å². The van der Waals surface area contributed by atoms with Gasteiger partial charge in [0, 0.05) is 22.4 Å². The zero-order valence-corrected chi connectivity index (χ0v) is 7.66. The van der Waals surface area contributed by atoms with Gasteiger partial charge in [-0.15, -0.1) is 0 Å². The van der Waals surface area contributed by atoms with Crippen LogP contribution in [0.1, 0.15) is 34.1 Å². The van der Waals surface area contributed by atoms with Gasteiger partial charge in [-0.05, 0) is 5.41 Å². The molecule has 0 nitrogen and oxygen atoms in total. The van der Waals surface area contributed by atoms with Crippen molar-refractivity contribution in [3.8, 4) is 0 Å². The van der Waals surface area contributed by atoms with Crippen molar-refractivity contribution in [1.29, 1.82) is 0 Å². The highest BCUT2D eigenvalue weighted by Gasteiger charge is 2.03. The molecule has 0 saturated carbocycles. The van der Waals surface area contributed by atoms with Gasteiger partial charge in [0.1, 0.15) is 0 Å². The van der Waals surface area contributed by atoms with Crippen LogP contribution in [0.2, 0.25) is 0 Å². The van der Waals surface area contributed by atoms with E-state index >= 15 is 0 Å². The molecule has 0 aromatic heterocycles. The molecule has 0 bridgehead atoms. The predicted octanol–water partition coefficient (Wildman–Crippen LogP) is 2.44. The van der Waals surface area contributed by atoms with Crippen molar-refractivity contribution >= 4 is 22.4 Å². The standard InChI is InChI=1S/C6H14.S2/c1-5-6(2,3)4;1-2/h5H2,1-4H3;. The van der Waals surface area contributed by atoms with Crippen LogP contribution >= 0.6 is 0 Å². The van der Waals surface area contributed by atoms with Gasteiger partial charge in [-0.3, -0.25) is 0 Å². The van der Waals surface area contributed by atoms with Crippen LogP contribution in [0.5, 0.6) is 0 Å². The fourth-order valence-electron chi connectivity index (χ4n) is 0. The molecular formula is C6H14S2. The fourth-order valence-corrected chi connectivity index (χ4v) is 0. The van der Waals surface area contributed by atoms with E-state index in [1.165, 1.54) is 6.42 Å². The lowest BCUT2D eigenvalue weighted by Crippen LogP contribution is -2.00. The van der Waals surface area contributed by atoms with Crippen molar-refractivity contribution < 1.29 is 0 Å². The molecule has 50 valence electrons. The first-order chi connectivity index (χ1) is 3.56. The first-order valence-electron chi connectivity index (χ1n) is 2.73. The lowest BCUT2D eigenvalue weighted by molar-refractivity contribution is 0.398. The van der Waals surface area contributed by atoms with Crippen molar-refractivity contribution in [2.45, 2.75) is 34.1 Å². The van der Waals surface area contributed by atoms with Crippen LogP contribution < -0.4 is 0 Å². The molecule has 0 spiro atoms. The lowest BCUT2D eigenvalue weighted by Gasteiger charge is -2.12. The Morgan fingerprint density at radius 3 is 1.25 bits per heavy atom. The molecule has 0 saturated heterocycles. The van der Waals surface area contributed by atoms with Crippen LogP contribution in [0.25, 0.3) is 0 Å². The van der Waals surface area contributed by atoms with E-state index < -0.39 is 0 Å². The Kier molecular flexibility index (Phi) is 7.85. The molecule has 2 heteroatoms. The van der Waals surface area contributed by atoms with E-state index in [1.54, 1.807) is 0 Å². The first-order valence-corrected chi connectivity index (χ1v) is 4.06. The Morgan fingerprint density at radius 2 is 1.25 bits per heavy atom. The summed E-state index contributed by atoms with van der Waals surface area (Å²) in [6.07, 6.45) is 1.27. The molecule has 0 rings (SSSR count). The zero-order chi connectivity index (χ0) is 7.21. The van der Waals surface area contributed by atoms with Gasteiger partial charge >= 0.3 is 0 Å². The molecule has 0 radical (unpaired) electrons. The SMILES string of the molecule is CCC(C)(C)C.S=S. The zero-order valence-electron chi connectivity index (χ0n) is 6.02. The van der Waals surface area contributed by atoms with Gasteiger partial charge in [0.05, 0.1) is 0 Å². The molecule has 0 aromatic carbocycles. The molecular weight excluding hydrogens is 136 g/mol. The normalized spacial score (nSPS) is 9.50. The van der Waals surface area contributed by atoms with Gasteiger partial charge in [0.2, 0.25) is 0 Å². The summed E-state index contributed by atoms with van der Waals surface area (Å²) < 4.78 is 0. The van der Waals surface area contributed by atoms with E-state index in [2.05, 4.69) is 50.1 Å². The quantitative estimate of drug-likeness (QED) is 0.520.